The Labute approximate surface area is 138 Å². The molecule has 7 nitrogen and oxygen atoms in total. The minimum absolute atomic E-state index is 0.0602. The van der Waals surface area contributed by atoms with E-state index < -0.39 is 0 Å². The summed E-state index contributed by atoms with van der Waals surface area (Å²) in [5, 5.41) is 8.37. The monoisotopic (exact) mass is 336 g/mol. The average Bonchev–Trinajstić information content (AvgIpc) is 3.00. The van der Waals surface area contributed by atoms with E-state index in [0.717, 1.165) is 0 Å². The van der Waals surface area contributed by atoms with Gasteiger partial charge in [-0.1, -0.05) is 23.7 Å². The molecule has 1 aromatic heterocycles. The molecule has 1 aliphatic rings. The molecule has 1 atom stereocenters. The van der Waals surface area contributed by atoms with Crippen LogP contribution in [-0.2, 0) is 16.6 Å². The van der Waals surface area contributed by atoms with Gasteiger partial charge in [-0.05, 0) is 12.1 Å². The van der Waals surface area contributed by atoms with Gasteiger partial charge in [0.1, 0.15) is 18.2 Å². The van der Waals surface area contributed by atoms with Gasteiger partial charge in [-0.25, -0.2) is 0 Å². The normalized spacial score (nSPS) is 18.0. The van der Waals surface area contributed by atoms with Gasteiger partial charge in [-0.2, -0.15) is 0 Å². The molecule has 0 unspecified atom stereocenters. The number of aromatic nitrogens is 3. The molecule has 0 bridgehead atoms. The van der Waals surface area contributed by atoms with Crippen LogP contribution in [0.4, 0.5) is 0 Å². The Hall–Kier alpha value is -2.12. The largest absolute Gasteiger partial charge is 0.482 e. The van der Waals surface area contributed by atoms with E-state index in [9.17, 15) is 4.79 Å². The SMILES string of the molecule is Cn1cnnc1[C@H]1CN(C(=O)COc2ccccc2Cl)CCO1. The van der Waals surface area contributed by atoms with Gasteiger partial charge in [0, 0.05) is 13.6 Å². The molecule has 1 aromatic carbocycles. The lowest BCUT2D eigenvalue weighted by molar-refractivity contribution is -0.141. The number of aryl methyl sites for hydroxylation is 1. The number of carbonyl (C=O) groups excluding carboxylic acids is 1. The van der Waals surface area contributed by atoms with E-state index in [1.54, 1.807) is 27.9 Å². The van der Waals surface area contributed by atoms with Gasteiger partial charge in [0.05, 0.1) is 18.2 Å². The Bertz CT molecular complexity index is 691. The number of rotatable bonds is 4. The van der Waals surface area contributed by atoms with Crippen LogP contribution >= 0.6 is 11.6 Å². The van der Waals surface area contributed by atoms with Crippen LogP contribution in [0.5, 0.6) is 5.75 Å². The zero-order chi connectivity index (χ0) is 16.2. The summed E-state index contributed by atoms with van der Waals surface area (Å²) in [6.45, 7) is 1.35. The van der Waals surface area contributed by atoms with Gasteiger partial charge in [-0.3, -0.25) is 4.79 Å². The first kappa shape index (κ1) is 15.8. The number of ether oxygens (including phenoxy) is 2. The molecule has 0 radical (unpaired) electrons. The average molecular weight is 337 g/mol. The maximum absolute atomic E-state index is 12.3. The number of hydrogen-bond acceptors (Lipinski definition) is 5. The molecule has 3 rings (SSSR count). The molecule has 2 heterocycles. The van der Waals surface area contributed by atoms with Crippen molar-refractivity contribution in [1.29, 1.82) is 0 Å². The fourth-order valence-electron chi connectivity index (χ4n) is 2.41. The third-order valence-corrected chi connectivity index (χ3v) is 3.95. The molecule has 0 saturated carbocycles. The fraction of sp³-hybridized carbons (Fsp3) is 0.400. The molecule has 1 amide bonds. The quantitative estimate of drug-likeness (QED) is 0.845. The summed E-state index contributed by atoms with van der Waals surface area (Å²) in [4.78, 5) is 14.1. The van der Waals surface area contributed by atoms with E-state index >= 15 is 0 Å². The van der Waals surface area contributed by atoms with Crippen LogP contribution in [0.1, 0.15) is 11.9 Å². The number of halogens is 1. The van der Waals surface area contributed by atoms with E-state index in [4.69, 9.17) is 21.1 Å². The number of carbonyl (C=O) groups is 1. The van der Waals surface area contributed by atoms with E-state index in [0.29, 0.717) is 36.3 Å². The summed E-state index contributed by atoms with van der Waals surface area (Å²) >= 11 is 6.01. The van der Waals surface area contributed by atoms with Gasteiger partial charge in [0.25, 0.3) is 5.91 Å². The molecule has 122 valence electrons. The number of para-hydroxylation sites is 1. The zero-order valence-electron chi connectivity index (χ0n) is 12.7. The smallest absolute Gasteiger partial charge is 0.260 e. The molecule has 23 heavy (non-hydrogen) atoms. The third-order valence-electron chi connectivity index (χ3n) is 3.64. The highest BCUT2D eigenvalue weighted by molar-refractivity contribution is 6.32. The molecule has 2 aromatic rings. The second kappa shape index (κ2) is 6.97. The maximum atomic E-state index is 12.3. The van der Waals surface area contributed by atoms with Crippen molar-refractivity contribution in [3.05, 3.63) is 41.4 Å². The van der Waals surface area contributed by atoms with Gasteiger partial charge in [0.15, 0.2) is 12.4 Å². The Morgan fingerprint density at radius 2 is 2.30 bits per heavy atom. The number of benzene rings is 1. The Morgan fingerprint density at radius 1 is 1.48 bits per heavy atom. The lowest BCUT2D eigenvalue weighted by atomic mass is 10.2. The molecule has 0 aliphatic carbocycles. The minimum atomic E-state index is -0.277. The van der Waals surface area contributed by atoms with Crippen molar-refractivity contribution in [2.24, 2.45) is 7.05 Å². The van der Waals surface area contributed by atoms with E-state index in [1.807, 2.05) is 19.2 Å². The van der Waals surface area contributed by atoms with Gasteiger partial charge >= 0.3 is 0 Å². The summed E-state index contributed by atoms with van der Waals surface area (Å²) in [6, 6.07) is 7.08. The fourth-order valence-corrected chi connectivity index (χ4v) is 2.60. The first-order chi connectivity index (χ1) is 11.1. The molecule has 0 N–H and O–H groups in total. The molecular formula is C15H17ClN4O3. The van der Waals surface area contributed by atoms with E-state index in [1.165, 1.54) is 0 Å². The predicted octanol–water partition coefficient (Wildman–Crippen LogP) is 1.45. The highest BCUT2D eigenvalue weighted by Crippen LogP contribution is 2.24. The molecule has 1 saturated heterocycles. The second-order valence-electron chi connectivity index (χ2n) is 5.22. The van der Waals surface area contributed by atoms with Crippen LogP contribution in [0.25, 0.3) is 0 Å². The summed E-state index contributed by atoms with van der Waals surface area (Å²) < 4.78 is 13.0. The molecule has 1 fully saturated rings. The van der Waals surface area contributed by atoms with Crippen molar-refractivity contribution in [2.45, 2.75) is 6.10 Å². The Kier molecular flexibility index (Phi) is 4.78. The summed E-state index contributed by atoms with van der Waals surface area (Å²) in [6.07, 6.45) is 1.33. The predicted molar refractivity (Wildman–Crippen MR) is 83.2 cm³/mol. The third kappa shape index (κ3) is 3.62. The van der Waals surface area contributed by atoms with Crippen LogP contribution < -0.4 is 4.74 Å². The number of hydrogen-bond donors (Lipinski definition) is 0. The van der Waals surface area contributed by atoms with Gasteiger partial charge in [0.2, 0.25) is 0 Å². The topological polar surface area (TPSA) is 69.5 Å². The van der Waals surface area contributed by atoms with Crippen molar-refractivity contribution in [3.8, 4) is 5.75 Å². The van der Waals surface area contributed by atoms with Crippen molar-refractivity contribution in [3.63, 3.8) is 0 Å². The first-order valence-corrected chi connectivity index (χ1v) is 7.63. The second-order valence-corrected chi connectivity index (χ2v) is 5.63. The van der Waals surface area contributed by atoms with Crippen molar-refractivity contribution >= 4 is 17.5 Å². The molecule has 0 spiro atoms. The summed E-state index contributed by atoms with van der Waals surface area (Å²) in [7, 11) is 1.85. The minimum Gasteiger partial charge on any atom is -0.482 e. The van der Waals surface area contributed by atoms with Crippen LogP contribution in [0.15, 0.2) is 30.6 Å². The van der Waals surface area contributed by atoms with Crippen molar-refractivity contribution in [1.82, 2.24) is 19.7 Å². The van der Waals surface area contributed by atoms with Crippen LogP contribution in [0, 0.1) is 0 Å². The summed E-state index contributed by atoms with van der Waals surface area (Å²) in [5.41, 5.74) is 0. The van der Waals surface area contributed by atoms with Crippen LogP contribution in [0.2, 0.25) is 5.02 Å². The van der Waals surface area contributed by atoms with Gasteiger partial charge in [-0.15, -0.1) is 10.2 Å². The number of nitrogens with zero attached hydrogens (tertiary/aromatic N) is 4. The molecular weight excluding hydrogens is 320 g/mol. The number of morpholine rings is 1. The zero-order valence-corrected chi connectivity index (χ0v) is 13.4. The molecule has 8 heteroatoms. The standard InChI is InChI=1S/C15H17ClN4O3/c1-19-10-17-18-15(19)13-8-20(6-7-22-13)14(21)9-23-12-5-3-2-4-11(12)16/h2-5,10,13H,6-9H2,1H3/t13-/m1/s1. The van der Waals surface area contributed by atoms with Crippen LogP contribution in [-0.4, -0.2) is 51.9 Å². The highest BCUT2D eigenvalue weighted by atomic mass is 35.5. The first-order valence-electron chi connectivity index (χ1n) is 7.25. The molecule has 1 aliphatic heterocycles. The lowest BCUT2D eigenvalue weighted by Crippen LogP contribution is -2.44. The number of amides is 1. The van der Waals surface area contributed by atoms with E-state index in [2.05, 4.69) is 10.2 Å². The lowest BCUT2D eigenvalue weighted by Gasteiger charge is -2.32. The van der Waals surface area contributed by atoms with Crippen molar-refractivity contribution in [2.75, 3.05) is 26.3 Å². The highest BCUT2D eigenvalue weighted by Gasteiger charge is 2.28. The maximum Gasteiger partial charge on any atom is 0.260 e. The van der Waals surface area contributed by atoms with E-state index in [-0.39, 0.29) is 18.6 Å². The van der Waals surface area contributed by atoms with Gasteiger partial charge < -0.3 is 18.9 Å². The Balaban J connectivity index is 1.59. The summed E-state index contributed by atoms with van der Waals surface area (Å²) in [5.74, 6) is 1.09. The van der Waals surface area contributed by atoms with Crippen LogP contribution in [0.3, 0.4) is 0 Å². The Morgan fingerprint density at radius 3 is 3.04 bits per heavy atom. The van der Waals surface area contributed by atoms with Crippen molar-refractivity contribution < 1.29 is 14.3 Å².